The summed E-state index contributed by atoms with van der Waals surface area (Å²) in [6, 6.07) is 20.6. The minimum atomic E-state index is -4.35. The Bertz CT molecular complexity index is 1170. The van der Waals surface area contributed by atoms with E-state index in [1.54, 1.807) is 12.1 Å². The Hall–Kier alpha value is -3.61. The van der Waals surface area contributed by atoms with Crippen molar-refractivity contribution >= 4 is 11.9 Å². The van der Waals surface area contributed by atoms with Crippen molar-refractivity contribution < 1.29 is 27.9 Å². The fourth-order valence-corrected chi connectivity index (χ4v) is 4.47. The third-order valence-corrected chi connectivity index (χ3v) is 6.66. The van der Waals surface area contributed by atoms with Crippen molar-refractivity contribution in [2.24, 2.45) is 0 Å². The van der Waals surface area contributed by atoms with E-state index in [0.29, 0.717) is 5.56 Å². The van der Waals surface area contributed by atoms with E-state index in [2.05, 4.69) is 12.2 Å². The molecule has 1 amide bonds. The number of carbonyl (C=O) groups excluding carboxylic acids is 1. The maximum atomic E-state index is 12.9. The molecule has 1 unspecified atom stereocenters. The number of unbranched alkanes of at least 4 members (excludes halogenated alkanes) is 3. The van der Waals surface area contributed by atoms with Crippen LogP contribution in [0.1, 0.15) is 78.4 Å². The summed E-state index contributed by atoms with van der Waals surface area (Å²) in [5.41, 5.74) is 3.70. The highest BCUT2D eigenvalue weighted by molar-refractivity contribution is 5.94. The number of aliphatic carboxylic acids is 1. The van der Waals surface area contributed by atoms with Gasteiger partial charge >= 0.3 is 12.1 Å². The summed E-state index contributed by atoms with van der Waals surface area (Å²) in [6.07, 6.45) is 1.93. The summed E-state index contributed by atoms with van der Waals surface area (Å²) in [7, 11) is 0. The van der Waals surface area contributed by atoms with Crippen LogP contribution in [0.4, 0.5) is 13.2 Å². The molecule has 0 aliphatic carbocycles. The molecule has 0 heterocycles. The van der Waals surface area contributed by atoms with Gasteiger partial charge in [0.1, 0.15) is 0 Å². The van der Waals surface area contributed by atoms with E-state index >= 15 is 0 Å². The predicted molar refractivity (Wildman–Crippen MR) is 143 cm³/mol. The molecule has 0 radical (unpaired) electrons. The molecule has 0 aliphatic rings. The molecule has 0 spiro atoms. The van der Waals surface area contributed by atoms with Gasteiger partial charge in [0.05, 0.1) is 12.0 Å². The first-order chi connectivity index (χ1) is 18.2. The third-order valence-electron chi connectivity index (χ3n) is 6.66. The Balaban J connectivity index is 1.70. The summed E-state index contributed by atoms with van der Waals surface area (Å²) in [5, 5.41) is 11.4. The zero-order chi connectivity index (χ0) is 27.5. The molecule has 3 aromatic carbocycles. The van der Waals surface area contributed by atoms with Crippen LogP contribution in [0.5, 0.6) is 0 Å². The van der Waals surface area contributed by atoms with E-state index in [-0.39, 0.29) is 24.8 Å². The highest BCUT2D eigenvalue weighted by Gasteiger charge is 2.30. The van der Waals surface area contributed by atoms with Crippen molar-refractivity contribution in [3.05, 3.63) is 95.1 Å². The van der Waals surface area contributed by atoms with Crippen LogP contribution >= 0.6 is 0 Å². The first kappa shape index (κ1) is 29.0. The van der Waals surface area contributed by atoms with Crippen molar-refractivity contribution in [1.29, 1.82) is 0 Å². The lowest BCUT2D eigenvalue weighted by molar-refractivity contribution is -0.138. The Labute approximate surface area is 221 Å². The van der Waals surface area contributed by atoms with Gasteiger partial charge in [-0.3, -0.25) is 9.59 Å². The predicted octanol–water partition coefficient (Wildman–Crippen LogP) is 7.87. The van der Waals surface area contributed by atoms with Gasteiger partial charge in [-0.15, -0.1) is 0 Å². The minimum absolute atomic E-state index is 0.0818. The van der Waals surface area contributed by atoms with Crippen LogP contribution in [0.25, 0.3) is 11.1 Å². The summed E-state index contributed by atoms with van der Waals surface area (Å²) in [5.74, 6) is -0.997. The van der Waals surface area contributed by atoms with Crippen LogP contribution < -0.4 is 5.32 Å². The van der Waals surface area contributed by atoms with E-state index in [0.717, 1.165) is 66.5 Å². The number of nitrogens with one attached hydrogen (secondary N) is 1. The van der Waals surface area contributed by atoms with E-state index in [1.807, 2.05) is 36.4 Å². The van der Waals surface area contributed by atoms with Crippen LogP contribution in [0.15, 0.2) is 72.8 Å². The number of benzene rings is 3. The lowest BCUT2D eigenvalue weighted by Gasteiger charge is -2.19. The average molecular weight is 526 g/mol. The molecule has 0 saturated carbocycles. The fourth-order valence-electron chi connectivity index (χ4n) is 4.47. The standard InChI is InChI=1S/C31H34F3NO3/c1-2-3-4-5-6-27(25-11-13-26(14-12-25)30(38)35-20-19-29(36)37)21-22-7-9-23(10-8-22)24-15-17-28(18-16-24)31(32,33)34/h7-18,27H,2-6,19-21H2,1H3,(H,35,38)(H,36,37). The van der Waals surface area contributed by atoms with Crippen molar-refractivity contribution in [3.63, 3.8) is 0 Å². The average Bonchev–Trinajstić information content (AvgIpc) is 2.90. The molecule has 7 heteroatoms. The molecule has 38 heavy (non-hydrogen) atoms. The zero-order valence-corrected chi connectivity index (χ0v) is 21.6. The largest absolute Gasteiger partial charge is 0.481 e. The first-order valence-electron chi connectivity index (χ1n) is 13.0. The third kappa shape index (κ3) is 8.75. The van der Waals surface area contributed by atoms with Crippen molar-refractivity contribution in [2.45, 2.75) is 64.0 Å². The second kappa shape index (κ2) is 13.8. The van der Waals surface area contributed by atoms with Crippen LogP contribution in [0.3, 0.4) is 0 Å². The fraction of sp³-hybridized carbons (Fsp3) is 0.355. The molecule has 0 fully saturated rings. The molecule has 2 N–H and O–H groups in total. The second-order valence-corrected chi connectivity index (χ2v) is 9.54. The maximum absolute atomic E-state index is 12.9. The first-order valence-corrected chi connectivity index (χ1v) is 13.0. The Morgan fingerprint density at radius 3 is 2.00 bits per heavy atom. The summed E-state index contributed by atoms with van der Waals surface area (Å²) in [6.45, 7) is 2.26. The number of amides is 1. The molecule has 0 saturated heterocycles. The number of carboxylic acid groups (broad SMARTS) is 1. The van der Waals surface area contributed by atoms with Gasteiger partial charge in [0, 0.05) is 12.1 Å². The zero-order valence-electron chi connectivity index (χ0n) is 21.6. The summed E-state index contributed by atoms with van der Waals surface area (Å²) >= 11 is 0. The van der Waals surface area contributed by atoms with Crippen molar-refractivity contribution in [2.75, 3.05) is 6.54 Å². The Morgan fingerprint density at radius 1 is 0.842 bits per heavy atom. The van der Waals surface area contributed by atoms with Crippen LogP contribution in [0, 0.1) is 0 Å². The summed E-state index contributed by atoms with van der Waals surface area (Å²) < 4.78 is 38.6. The van der Waals surface area contributed by atoms with Crippen LogP contribution in [-0.2, 0) is 17.4 Å². The molecule has 1 atom stereocenters. The number of hydrogen-bond acceptors (Lipinski definition) is 2. The molecular formula is C31H34F3NO3. The van der Waals surface area contributed by atoms with E-state index in [4.69, 9.17) is 5.11 Å². The van der Waals surface area contributed by atoms with Crippen LogP contribution in [-0.4, -0.2) is 23.5 Å². The van der Waals surface area contributed by atoms with Gasteiger partial charge in [0.15, 0.2) is 0 Å². The molecule has 0 aliphatic heterocycles. The monoisotopic (exact) mass is 525 g/mol. The number of hydrogen-bond donors (Lipinski definition) is 2. The Kier molecular flexibility index (Phi) is 10.5. The van der Waals surface area contributed by atoms with Gasteiger partial charge in [0.2, 0.25) is 0 Å². The van der Waals surface area contributed by atoms with Gasteiger partial charge in [-0.1, -0.05) is 81.1 Å². The number of alkyl halides is 3. The van der Waals surface area contributed by atoms with Gasteiger partial charge in [-0.2, -0.15) is 13.2 Å². The summed E-state index contributed by atoms with van der Waals surface area (Å²) in [4.78, 5) is 23.0. The molecule has 202 valence electrons. The molecule has 3 aromatic rings. The second-order valence-electron chi connectivity index (χ2n) is 9.54. The normalized spacial score (nSPS) is 12.2. The molecule has 0 aromatic heterocycles. The van der Waals surface area contributed by atoms with Gasteiger partial charge in [0.25, 0.3) is 5.91 Å². The topological polar surface area (TPSA) is 66.4 Å². The van der Waals surface area contributed by atoms with E-state index < -0.39 is 17.7 Å². The highest BCUT2D eigenvalue weighted by atomic mass is 19.4. The minimum Gasteiger partial charge on any atom is -0.481 e. The highest BCUT2D eigenvalue weighted by Crippen LogP contribution is 2.32. The van der Waals surface area contributed by atoms with E-state index in [1.165, 1.54) is 18.6 Å². The molecule has 3 rings (SSSR count). The van der Waals surface area contributed by atoms with Gasteiger partial charge in [-0.05, 0) is 65.3 Å². The van der Waals surface area contributed by atoms with Crippen molar-refractivity contribution in [1.82, 2.24) is 5.32 Å². The quantitative estimate of drug-likeness (QED) is 0.223. The lowest BCUT2D eigenvalue weighted by Crippen LogP contribution is -2.25. The Morgan fingerprint density at radius 2 is 1.45 bits per heavy atom. The van der Waals surface area contributed by atoms with Gasteiger partial charge in [-0.25, -0.2) is 0 Å². The lowest BCUT2D eigenvalue weighted by atomic mass is 9.86. The number of carboxylic acids is 1. The smallest absolute Gasteiger partial charge is 0.416 e. The van der Waals surface area contributed by atoms with E-state index in [9.17, 15) is 22.8 Å². The van der Waals surface area contributed by atoms with Crippen LogP contribution in [0.2, 0.25) is 0 Å². The van der Waals surface area contributed by atoms with Crippen molar-refractivity contribution in [3.8, 4) is 11.1 Å². The maximum Gasteiger partial charge on any atom is 0.416 e. The SMILES string of the molecule is CCCCCCC(Cc1ccc(-c2ccc(C(F)(F)F)cc2)cc1)c1ccc(C(=O)NCCC(=O)O)cc1. The number of halogens is 3. The molecule has 0 bridgehead atoms. The molecule has 4 nitrogen and oxygen atoms in total. The number of rotatable bonds is 13. The number of carbonyl (C=O) groups is 2. The molecular weight excluding hydrogens is 491 g/mol. The van der Waals surface area contributed by atoms with Gasteiger partial charge < -0.3 is 10.4 Å².